The van der Waals surface area contributed by atoms with Gasteiger partial charge in [-0.1, -0.05) is 103 Å². The fraction of sp³-hybridized carbons (Fsp3) is 0.889. The lowest BCUT2D eigenvalue weighted by Crippen LogP contribution is -2.45. The van der Waals surface area contributed by atoms with Crippen LogP contribution in [0.15, 0.2) is 20.0 Å². The van der Waals surface area contributed by atoms with Gasteiger partial charge in [0.1, 0.15) is 0 Å². The molecule has 2 amide bonds. The Kier molecular flexibility index (Phi) is 31.5. The van der Waals surface area contributed by atoms with E-state index in [1.54, 1.807) is 0 Å². The second-order valence-corrected chi connectivity index (χ2v) is 17.5. The van der Waals surface area contributed by atoms with E-state index in [4.69, 9.17) is 34.4 Å². The summed E-state index contributed by atoms with van der Waals surface area (Å²) < 4.78 is 0. The highest BCUT2D eigenvalue weighted by Gasteiger charge is 2.22. The van der Waals surface area contributed by atoms with Gasteiger partial charge in [-0.2, -0.15) is 0 Å². The molecule has 0 aromatic carbocycles. The molecule has 2 aliphatic carbocycles. The van der Waals surface area contributed by atoms with Crippen LogP contribution in [0, 0.1) is 11.8 Å². The summed E-state index contributed by atoms with van der Waals surface area (Å²) in [4.78, 5) is 35.8. The van der Waals surface area contributed by atoms with Crippen molar-refractivity contribution in [3.05, 3.63) is 0 Å². The van der Waals surface area contributed by atoms with E-state index < -0.39 is 0 Å². The van der Waals surface area contributed by atoms with Crippen LogP contribution in [0.2, 0.25) is 0 Å². The normalized spacial score (nSPS) is 14.2. The maximum atomic E-state index is 14.3. The lowest BCUT2D eigenvalue weighted by Gasteiger charge is -2.31. The Morgan fingerprint density at radius 3 is 0.983 bits per heavy atom. The third kappa shape index (κ3) is 33.1. The molecule has 2 aliphatic rings. The molecule has 2 rings (SSSR count). The van der Waals surface area contributed by atoms with Crippen LogP contribution in [0.4, 0.5) is 4.79 Å². The van der Waals surface area contributed by atoms with Crippen LogP contribution in [0.5, 0.6) is 0 Å². The van der Waals surface area contributed by atoms with E-state index >= 15 is 0 Å². The highest BCUT2D eigenvalue weighted by molar-refractivity contribution is 5.78. The SMILES string of the molecule is NC(N)=NCCCCCCCCN(CCCCCCCCN=C(N)N)C(=O)N(CCCCCCCCNC(N)=NCC1CC1)CCCCCCCCNC(N)=NCC1CC1. The lowest BCUT2D eigenvalue weighted by atomic mass is 10.1. The number of hydrogen-bond donors (Lipinski definition) is 8. The summed E-state index contributed by atoms with van der Waals surface area (Å²) in [7, 11) is 0. The summed E-state index contributed by atoms with van der Waals surface area (Å²) in [6.07, 6.45) is 32.3. The molecule has 14 N–H and O–H groups in total. The molecule has 0 aliphatic heterocycles. The van der Waals surface area contributed by atoms with Crippen LogP contribution in [0.3, 0.4) is 0 Å². The Morgan fingerprint density at radius 2 is 0.683 bits per heavy atom. The van der Waals surface area contributed by atoms with Gasteiger partial charge < -0.3 is 54.8 Å². The van der Waals surface area contributed by atoms with Crippen LogP contribution in [-0.4, -0.2) is 105 Å². The predicted molar refractivity (Wildman–Crippen MR) is 255 cm³/mol. The lowest BCUT2D eigenvalue weighted by molar-refractivity contribution is 0.148. The fourth-order valence-corrected chi connectivity index (χ4v) is 7.34. The van der Waals surface area contributed by atoms with E-state index in [2.05, 4.69) is 40.4 Å². The third-order valence-corrected chi connectivity index (χ3v) is 11.6. The highest BCUT2D eigenvalue weighted by Crippen LogP contribution is 2.29. The van der Waals surface area contributed by atoms with Crippen molar-refractivity contribution >= 4 is 29.9 Å². The average Bonchev–Trinajstić information content (AvgIpc) is 4.17. The largest absolute Gasteiger partial charge is 0.370 e. The number of hydrogen-bond acceptors (Lipinski definition) is 5. The first-order valence-corrected chi connectivity index (χ1v) is 24.5. The van der Waals surface area contributed by atoms with Crippen molar-refractivity contribution in [1.82, 2.24) is 20.4 Å². The second kappa shape index (κ2) is 36.0. The zero-order chi connectivity index (χ0) is 43.3. The summed E-state index contributed by atoms with van der Waals surface area (Å²) in [5.74, 6) is 3.04. The fourth-order valence-electron chi connectivity index (χ4n) is 7.34. The zero-order valence-electron chi connectivity index (χ0n) is 38.1. The first-order valence-electron chi connectivity index (χ1n) is 24.5. The molecule has 0 aromatic heterocycles. The van der Waals surface area contributed by atoms with E-state index in [1.807, 2.05) is 0 Å². The number of guanidine groups is 4. The van der Waals surface area contributed by atoms with Crippen molar-refractivity contribution in [3.8, 4) is 0 Å². The van der Waals surface area contributed by atoms with Crippen molar-refractivity contribution in [3.63, 3.8) is 0 Å². The molecule has 0 saturated heterocycles. The molecular weight excluding hydrogens is 753 g/mol. The number of rotatable bonds is 40. The Labute approximate surface area is 365 Å². The predicted octanol–water partition coefficient (Wildman–Crippen LogP) is 6.25. The molecule has 0 bridgehead atoms. The van der Waals surface area contributed by atoms with Gasteiger partial charge in [0.15, 0.2) is 23.8 Å². The van der Waals surface area contributed by atoms with E-state index in [-0.39, 0.29) is 18.0 Å². The Balaban J connectivity index is 1.81. The molecule has 0 heterocycles. The number of urea groups is 1. The number of aliphatic imine (C=N–C) groups is 4. The van der Waals surface area contributed by atoms with Gasteiger partial charge in [0.05, 0.1) is 0 Å². The van der Waals surface area contributed by atoms with Crippen LogP contribution >= 0.6 is 0 Å². The van der Waals surface area contributed by atoms with Crippen LogP contribution in [0.25, 0.3) is 0 Å². The first kappa shape index (κ1) is 52.5. The van der Waals surface area contributed by atoms with Gasteiger partial charge in [0.25, 0.3) is 0 Å². The van der Waals surface area contributed by atoms with Crippen molar-refractivity contribution in [2.45, 2.75) is 180 Å². The summed E-state index contributed by atoms with van der Waals surface area (Å²) >= 11 is 0. The number of nitrogens with one attached hydrogen (secondary N) is 2. The van der Waals surface area contributed by atoms with E-state index in [1.165, 1.54) is 89.9 Å². The molecule has 0 spiro atoms. The van der Waals surface area contributed by atoms with Crippen LogP contribution < -0.4 is 45.0 Å². The van der Waals surface area contributed by atoms with Crippen LogP contribution in [-0.2, 0) is 0 Å². The summed E-state index contributed by atoms with van der Waals surface area (Å²) in [6, 6.07) is 0.239. The summed E-state index contributed by atoms with van der Waals surface area (Å²) in [5.41, 5.74) is 33.9. The van der Waals surface area contributed by atoms with Crippen molar-refractivity contribution in [1.29, 1.82) is 0 Å². The Hall–Kier alpha value is -3.65. The summed E-state index contributed by atoms with van der Waals surface area (Å²) in [6.45, 7) is 8.24. The third-order valence-electron chi connectivity index (χ3n) is 11.6. The molecule has 15 nitrogen and oxygen atoms in total. The molecule has 2 saturated carbocycles. The molecule has 0 aromatic rings. The number of unbranched alkanes of at least 4 members (excludes halogenated alkanes) is 20. The molecule has 0 atom stereocenters. The Bertz CT molecular complexity index is 1100. The van der Waals surface area contributed by atoms with Gasteiger partial charge in [-0.25, -0.2) is 4.79 Å². The van der Waals surface area contributed by atoms with Gasteiger partial charge in [0, 0.05) is 65.4 Å². The molecule has 60 heavy (non-hydrogen) atoms. The number of nitrogens with two attached hydrogens (primary N) is 6. The zero-order valence-corrected chi connectivity index (χ0v) is 38.1. The number of carbonyl (C=O) groups excluding carboxylic acids is 1. The van der Waals surface area contributed by atoms with E-state index in [0.717, 1.165) is 154 Å². The van der Waals surface area contributed by atoms with Crippen LogP contribution in [0.1, 0.15) is 180 Å². The molecule has 2 fully saturated rings. The molecular formula is C45H92N14O. The quantitative estimate of drug-likeness (QED) is 0.0197. The monoisotopic (exact) mass is 845 g/mol. The summed E-state index contributed by atoms with van der Waals surface area (Å²) in [5, 5.41) is 6.55. The minimum Gasteiger partial charge on any atom is -0.370 e. The minimum absolute atomic E-state index is 0.169. The molecule has 0 radical (unpaired) electrons. The topological polar surface area (TPSA) is 253 Å². The number of carbonyl (C=O) groups is 1. The number of amides is 2. The van der Waals surface area contributed by atoms with Gasteiger partial charge in [0.2, 0.25) is 0 Å². The average molecular weight is 845 g/mol. The molecule has 348 valence electrons. The van der Waals surface area contributed by atoms with Crippen molar-refractivity contribution in [2.75, 3.05) is 65.4 Å². The van der Waals surface area contributed by atoms with Gasteiger partial charge in [-0.15, -0.1) is 0 Å². The van der Waals surface area contributed by atoms with E-state index in [9.17, 15) is 4.79 Å². The minimum atomic E-state index is 0.169. The van der Waals surface area contributed by atoms with Gasteiger partial charge >= 0.3 is 6.03 Å². The standard InChI is InChI=1S/C45H92N14O/c46-41(47)52-29-17-9-1-5-13-21-33-58(34-22-14-6-2-10-18-30-53-42(48)49)45(60)59(35-23-15-7-3-11-19-31-54-43(50)56-37-39-25-26-39)36-24-16-8-4-12-20-32-55-44(51)57-38-40-27-28-40/h39-40H,1-38H2,(H4,46,47,52)(H4,48,49,53)(H3,50,54,56)(H3,51,55,57). The first-order chi connectivity index (χ1) is 29.2. The Morgan fingerprint density at radius 1 is 0.400 bits per heavy atom. The van der Waals surface area contributed by atoms with Crippen molar-refractivity contribution < 1.29 is 4.79 Å². The maximum Gasteiger partial charge on any atom is 0.319 e. The number of nitrogens with zero attached hydrogens (tertiary/aromatic N) is 6. The second-order valence-electron chi connectivity index (χ2n) is 17.5. The van der Waals surface area contributed by atoms with Gasteiger partial charge in [-0.3, -0.25) is 20.0 Å². The van der Waals surface area contributed by atoms with Gasteiger partial charge in [-0.05, 0) is 88.9 Å². The molecule has 0 unspecified atom stereocenters. The van der Waals surface area contributed by atoms with E-state index in [0.29, 0.717) is 25.0 Å². The van der Waals surface area contributed by atoms with Crippen molar-refractivity contribution in [2.24, 2.45) is 66.2 Å². The smallest absolute Gasteiger partial charge is 0.319 e. The molecule has 15 heteroatoms. The maximum absolute atomic E-state index is 14.3. The highest BCUT2D eigenvalue weighted by atomic mass is 16.2.